The van der Waals surface area contributed by atoms with Gasteiger partial charge in [0.05, 0.1) is 0 Å². The molecule has 0 saturated heterocycles. The normalized spacial score (nSPS) is 10.9. The first-order valence-corrected chi connectivity index (χ1v) is 6.66. The topological polar surface area (TPSA) is 74.1 Å². The van der Waals surface area contributed by atoms with Crippen molar-refractivity contribution in [3.05, 3.63) is 58.5 Å². The summed E-state index contributed by atoms with van der Waals surface area (Å²) < 4.78 is 6.64. The minimum atomic E-state index is -0.203. The molecule has 0 aliphatic heterocycles. The number of thioether (sulfide) groups is 1. The van der Waals surface area contributed by atoms with Crippen LogP contribution in [0.3, 0.4) is 0 Å². The molecule has 0 aliphatic carbocycles. The number of rotatable bonds is 3. The van der Waals surface area contributed by atoms with Crippen LogP contribution in [0.15, 0.2) is 57.0 Å². The van der Waals surface area contributed by atoms with Gasteiger partial charge < -0.3 is 10.3 Å². The SMILES string of the molecule is Nn1cccc(CSc2nc3ccccc3o2)c1=O. The molecule has 0 spiro atoms. The molecule has 96 valence electrons. The van der Waals surface area contributed by atoms with Gasteiger partial charge in [-0.15, -0.1) is 0 Å². The highest BCUT2D eigenvalue weighted by molar-refractivity contribution is 7.98. The largest absolute Gasteiger partial charge is 0.431 e. The van der Waals surface area contributed by atoms with Gasteiger partial charge >= 0.3 is 0 Å². The molecule has 19 heavy (non-hydrogen) atoms. The number of nitrogens with zero attached hydrogens (tertiary/aromatic N) is 2. The lowest BCUT2D eigenvalue weighted by atomic mass is 10.3. The Morgan fingerprint density at radius 3 is 2.95 bits per heavy atom. The number of pyridine rings is 1. The van der Waals surface area contributed by atoms with E-state index < -0.39 is 0 Å². The van der Waals surface area contributed by atoms with E-state index in [9.17, 15) is 4.79 Å². The summed E-state index contributed by atoms with van der Waals surface area (Å²) in [5, 5.41) is 0.549. The second-order valence-corrected chi connectivity index (χ2v) is 4.91. The Morgan fingerprint density at radius 2 is 2.11 bits per heavy atom. The van der Waals surface area contributed by atoms with Gasteiger partial charge in [-0.1, -0.05) is 30.0 Å². The fourth-order valence-electron chi connectivity index (χ4n) is 1.72. The maximum Gasteiger partial charge on any atom is 0.272 e. The molecule has 3 rings (SSSR count). The first kappa shape index (κ1) is 11.9. The van der Waals surface area contributed by atoms with E-state index in [4.69, 9.17) is 10.3 Å². The molecule has 0 unspecified atom stereocenters. The van der Waals surface area contributed by atoms with Gasteiger partial charge in [0.1, 0.15) is 5.52 Å². The van der Waals surface area contributed by atoms with Crippen LogP contribution in [0.1, 0.15) is 5.56 Å². The molecule has 3 aromatic rings. The van der Waals surface area contributed by atoms with E-state index in [-0.39, 0.29) is 5.56 Å². The highest BCUT2D eigenvalue weighted by Crippen LogP contribution is 2.25. The molecule has 2 aromatic heterocycles. The van der Waals surface area contributed by atoms with Crippen LogP contribution in [0.4, 0.5) is 0 Å². The number of aromatic nitrogens is 2. The quantitative estimate of drug-likeness (QED) is 0.583. The lowest BCUT2D eigenvalue weighted by Gasteiger charge is -2.00. The molecule has 5 nitrogen and oxygen atoms in total. The standard InChI is InChI=1S/C13H11N3O2S/c14-16-7-3-4-9(12(16)17)8-19-13-15-10-5-1-2-6-11(10)18-13/h1-7H,8,14H2. The van der Waals surface area contributed by atoms with E-state index in [0.29, 0.717) is 16.5 Å². The monoisotopic (exact) mass is 273 g/mol. The number of oxazole rings is 1. The minimum Gasteiger partial charge on any atom is -0.431 e. The number of hydrogen-bond acceptors (Lipinski definition) is 5. The van der Waals surface area contributed by atoms with E-state index in [1.807, 2.05) is 24.3 Å². The van der Waals surface area contributed by atoms with Gasteiger partial charge in [-0.25, -0.2) is 9.66 Å². The van der Waals surface area contributed by atoms with Crippen LogP contribution in [-0.4, -0.2) is 9.66 Å². The number of benzene rings is 1. The average molecular weight is 273 g/mol. The third-order valence-electron chi connectivity index (χ3n) is 2.68. The van der Waals surface area contributed by atoms with Crippen LogP contribution in [0.2, 0.25) is 0 Å². The zero-order valence-corrected chi connectivity index (χ0v) is 10.8. The first-order chi connectivity index (χ1) is 9.24. The predicted octanol–water partition coefficient (Wildman–Crippen LogP) is 2.00. The van der Waals surface area contributed by atoms with Crippen LogP contribution < -0.4 is 11.4 Å². The number of nitrogens with two attached hydrogens (primary N) is 1. The molecule has 0 atom stereocenters. The predicted molar refractivity (Wildman–Crippen MR) is 74.4 cm³/mol. The zero-order chi connectivity index (χ0) is 13.2. The van der Waals surface area contributed by atoms with Crippen molar-refractivity contribution in [1.29, 1.82) is 0 Å². The van der Waals surface area contributed by atoms with E-state index in [1.165, 1.54) is 18.0 Å². The molecule has 0 bridgehead atoms. The average Bonchev–Trinajstić information content (AvgIpc) is 2.83. The van der Waals surface area contributed by atoms with Crippen LogP contribution in [-0.2, 0) is 5.75 Å². The molecular formula is C13H11N3O2S. The summed E-state index contributed by atoms with van der Waals surface area (Å²) in [5.74, 6) is 5.98. The van der Waals surface area contributed by atoms with Crippen molar-refractivity contribution in [2.24, 2.45) is 0 Å². The highest BCUT2D eigenvalue weighted by atomic mass is 32.2. The van der Waals surface area contributed by atoms with Crippen LogP contribution in [0.5, 0.6) is 0 Å². The Balaban J connectivity index is 1.82. The van der Waals surface area contributed by atoms with Crippen molar-refractivity contribution in [2.45, 2.75) is 11.0 Å². The lowest BCUT2D eigenvalue weighted by molar-refractivity contribution is 0.489. The molecule has 0 amide bonds. The van der Waals surface area contributed by atoms with Crippen molar-refractivity contribution in [3.63, 3.8) is 0 Å². The smallest absolute Gasteiger partial charge is 0.272 e. The van der Waals surface area contributed by atoms with E-state index in [0.717, 1.165) is 15.8 Å². The van der Waals surface area contributed by atoms with Crippen molar-refractivity contribution >= 4 is 22.9 Å². The highest BCUT2D eigenvalue weighted by Gasteiger charge is 2.08. The fourth-order valence-corrected chi connectivity index (χ4v) is 2.53. The van der Waals surface area contributed by atoms with Gasteiger partial charge in [0.2, 0.25) is 0 Å². The fraction of sp³-hybridized carbons (Fsp3) is 0.0769. The van der Waals surface area contributed by atoms with Crippen LogP contribution >= 0.6 is 11.8 Å². The second kappa shape index (κ2) is 4.81. The number of fused-ring (bicyclic) bond motifs is 1. The van der Waals surface area contributed by atoms with E-state index >= 15 is 0 Å². The molecule has 2 heterocycles. The molecule has 0 radical (unpaired) electrons. The van der Waals surface area contributed by atoms with Crippen molar-refractivity contribution in [1.82, 2.24) is 9.66 Å². The molecule has 6 heteroatoms. The van der Waals surface area contributed by atoms with Crippen molar-refractivity contribution in [3.8, 4) is 0 Å². The number of nitrogen functional groups attached to an aromatic ring is 1. The number of hydrogen-bond donors (Lipinski definition) is 1. The summed E-state index contributed by atoms with van der Waals surface area (Å²) in [6.45, 7) is 0. The van der Waals surface area contributed by atoms with Gasteiger partial charge in [0.25, 0.3) is 10.8 Å². The van der Waals surface area contributed by atoms with Gasteiger partial charge in [0.15, 0.2) is 5.58 Å². The summed E-state index contributed by atoms with van der Waals surface area (Å²) in [6, 6.07) is 11.0. The summed E-state index contributed by atoms with van der Waals surface area (Å²) >= 11 is 1.38. The zero-order valence-electron chi connectivity index (χ0n) is 9.95. The maximum absolute atomic E-state index is 11.7. The Morgan fingerprint density at radius 1 is 1.26 bits per heavy atom. The molecule has 0 fully saturated rings. The lowest BCUT2D eigenvalue weighted by Crippen LogP contribution is -2.28. The summed E-state index contributed by atoms with van der Waals surface area (Å²) in [5.41, 5.74) is 1.98. The molecule has 0 saturated carbocycles. The first-order valence-electron chi connectivity index (χ1n) is 5.68. The van der Waals surface area contributed by atoms with Gasteiger partial charge in [-0.3, -0.25) is 4.79 Å². The van der Waals surface area contributed by atoms with Crippen LogP contribution in [0, 0.1) is 0 Å². The van der Waals surface area contributed by atoms with E-state index in [2.05, 4.69) is 4.98 Å². The number of para-hydroxylation sites is 2. The Labute approximate surface area is 113 Å². The molecule has 2 N–H and O–H groups in total. The molecular weight excluding hydrogens is 262 g/mol. The van der Waals surface area contributed by atoms with Gasteiger partial charge in [-0.2, -0.15) is 0 Å². The Bertz CT molecular complexity index is 746. The maximum atomic E-state index is 11.7. The van der Waals surface area contributed by atoms with Crippen molar-refractivity contribution < 1.29 is 4.42 Å². The third kappa shape index (κ3) is 2.34. The molecule has 1 aromatic carbocycles. The molecule has 0 aliphatic rings. The summed E-state index contributed by atoms with van der Waals surface area (Å²) in [7, 11) is 0. The van der Waals surface area contributed by atoms with Crippen molar-refractivity contribution in [2.75, 3.05) is 5.84 Å². The van der Waals surface area contributed by atoms with Gasteiger partial charge in [0, 0.05) is 17.5 Å². The Hall–Kier alpha value is -2.21. The third-order valence-corrected chi connectivity index (χ3v) is 3.56. The second-order valence-electron chi connectivity index (χ2n) is 3.98. The van der Waals surface area contributed by atoms with Gasteiger partial charge in [-0.05, 0) is 18.2 Å². The minimum absolute atomic E-state index is 0.203. The van der Waals surface area contributed by atoms with E-state index in [1.54, 1.807) is 12.1 Å². The Kier molecular flexibility index (Phi) is 3.00. The van der Waals surface area contributed by atoms with Crippen LogP contribution in [0.25, 0.3) is 11.1 Å². The summed E-state index contributed by atoms with van der Waals surface area (Å²) in [6.07, 6.45) is 1.52. The summed E-state index contributed by atoms with van der Waals surface area (Å²) in [4.78, 5) is 16.1.